The zero-order valence-electron chi connectivity index (χ0n) is 20.5. The minimum Gasteiger partial charge on any atom is -0.497 e. The van der Waals surface area contributed by atoms with Gasteiger partial charge in [0.1, 0.15) is 5.75 Å². The van der Waals surface area contributed by atoms with Gasteiger partial charge in [0.2, 0.25) is 0 Å². The zero-order valence-corrected chi connectivity index (χ0v) is 20.5. The lowest BCUT2D eigenvalue weighted by Crippen LogP contribution is -2.28. The Morgan fingerprint density at radius 2 is 1.88 bits per heavy atom. The van der Waals surface area contributed by atoms with Gasteiger partial charge in [-0.3, -0.25) is 9.59 Å². The Balaban J connectivity index is 1.55. The van der Waals surface area contributed by atoms with Crippen LogP contribution in [0.1, 0.15) is 71.8 Å². The molecule has 1 N–H and O–H groups in total. The number of Topliss-reactive ketones (excluding diaryl/α,β-unsaturated/α-hetero) is 1. The maximum atomic E-state index is 13.0. The number of methoxy groups -OCH3 is 1. The first-order chi connectivity index (χ1) is 16.2. The molecule has 0 saturated heterocycles. The summed E-state index contributed by atoms with van der Waals surface area (Å²) in [7, 11) is 1.62. The summed E-state index contributed by atoms with van der Waals surface area (Å²) in [6.07, 6.45) is 3.58. The molecule has 2 heterocycles. The number of hydrogen-bond acceptors (Lipinski definition) is 5. The van der Waals surface area contributed by atoms with Gasteiger partial charge in [0, 0.05) is 19.2 Å². The van der Waals surface area contributed by atoms with Crippen molar-refractivity contribution in [2.24, 2.45) is 11.3 Å². The average molecular weight is 461 g/mol. The summed E-state index contributed by atoms with van der Waals surface area (Å²) >= 11 is 0. The predicted molar refractivity (Wildman–Crippen MR) is 130 cm³/mol. The van der Waals surface area contributed by atoms with E-state index in [0.29, 0.717) is 30.3 Å². The van der Waals surface area contributed by atoms with E-state index >= 15 is 0 Å². The second kappa shape index (κ2) is 9.41. The second-order valence-corrected chi connectivity index (χ2v) is 10.2. The lowest BCUT2D eigenvalue weighted by atomic mass is 9.75. The molecule has 0 bridgehead atoms. The first kappa shape index (κ1) is 23.7. The number of benzene rings is 1. The molecule has 1 aliphatic rings. The van der Waals surface area contributed by atoms with Gasteiger partial charge >= 0.3 is 0 Å². The van der Waals surface area contributed by atoms with E-state index in [1.165, 1.54) is 0 Å². The monoisotopic (exact) mass is 460 g/mol. The Morgan fingerprint density at radius 3 is 2.50 bits per heavy atom. The molecule has 7 heteroatoms. The van der Waals surface area contributed by atoms with E-state index in [0.717, 1.165) is 41.1 Å². The topological polar surface area (TPSA) is 86.1 Å². The SMILES string of the molecule is COc1ccc(CNC(=O)c2ccc(-n3nc(CC(C)C)c4c3CC(C)(C)CC4=O)nc2)cc1. The number of fused-ring (bicyclic) bond motifs is 1. The van der Waals surface area contributed by atoms with Gasteiger partial charge in [0.15, 0.2) is 11.6 Å². The van der Waals surface area contributed by atoms with E-state index in [4.69, 9.17) is 9.84 Å². The summed E-state index contributed by atoms with van der Waals surface area (Å²) in [4.78, 5) is 30.1. The summed E-state index contributed by atoms with van der Waals surface area (Å²) in [5.41, 5.74) is 3.84. The molecule has 0 radical (unpaired) electrons. The molecular weight excluding hydrogens is 428 g/mol. The molecule has 2 aromatic heterocycles. The van der Waals surface area contributed by atoms with E-state index in [-0.39, 0.29) is 17.1 Å². The number of nitrogens with zero attached hydrogens (tertiary/aromatic N) is 3. The second-order valence-electron chi connectivity index (χ2n) is 10.2. The zero-order chi connectivity index (χ0) is 24.5. The Kier molecular flexibility index (Phi) is 6.55. The largest absolute Gasteiger partial charge is 0.497 e. The van der Waals surface area contributed by atoms with E-state index in [1.54, 1.807) is 30.1 Å². The van der Waals surface area contributed by atoms with E-state index in [2.05, 4.69) is 38.0 Å². The van der Waals surface area contributed by atoms with Crippen molar-refractivity contribution in [3.63, 3.8) is 0 Å². The van der Waals surface area contributed by atoms with Crippen LogP contribution >= 0.6 is 0 Å². The maximum absolute atomic E-state index is 13.0. The van der Waals surface area contributed by atoms with Gasteiger partial charge in [0.05, 0.1) is 29.6 Å². The third kappa shape index (κ3) is 5.03. The summed E-state index contributed by atoms with van der Waals surface area (Å²) in [5.74, 6) is 1.73. The smallest absolute Gasteiger partial charge is 0.253 e. The van der Waals surface area contributed by atoms with Crippen molar-refractivity contribution in [3.8, 4) is 11.6 Å². The molecule has 0 aliphatic heterocycles. The summed E-state index contributed by atoms with van der Waals surface area (Å²) in [6.45, 7) is 8.88. The Morgan fingerprint density at radius 1 is 1.15 bits per heavy atom. The van der Waals surface area contributed by atoms with Gasteiger partial charge < -0.3 is 10.1 Å². The molecule has 3 aromatic rings. The molecule has 7 nitrogen and oxygen atoms in total. The van der Waals surface area contributed by atoms with Gasteiger partial charge in [-0.25, -0.2) is 9.67 Å². The van der Waals surface area contributed by atoms with Crippen LogP contribution in [0.15, 0.2) is 42.6 Å². The van der Waals surface area contributed by atoms with Crippen LogP contribution in [-0.4, -0.2) is 33.6 Å². The first-order valence-corrected chi connectivity index (χ1v) is 11.7. The molecule has 1 aromatic carbocycles. The number of hydrogen-bond donors (Lipinski definition) is 1. The maximum Gasteiger partial charge on any atom is 0.253 e. The summed E-state index contributed by atoms with van der Waals surface area (Å²) < 4.78 is 6.96. The number of ether oxygens (including phenoxy) is 1. The number of pyridine rings is 1. The molecule has 0 atom stereocenters. The number of carbonyl (C=O) groups is 2. The molecule has 0 unspecified atom stereocenters. The fraction of sp³-hybridized carbons (Fsp3) is 0.407. The number of aromatic nitrogens is 3. The highest BCUT2D eigenvalue weighted by atomic mass is 16.5. The Labute approximate surface area is 200 Å². The minimum absolute atomic E-state index is 0.127. The van der Waals surface area contributed by atoms with Crippen molar-refractivity contribution in [2.75, 3.05) is 7.11 Å². The van der Waals surface area contributed by atoms with Crippen LogP contribution < -0.4 is 10.1 Å². The molecule has 0 fully saturated rings. The predicted octanol–water partition coefficient (Wildman–Crippen LogP) is 4.56. The van der Waals surface area contributed by atoms with Crippen molar-refractivity contribution < 1.29 is 14.3 Å². The van der Waals surface area contributed by atoms with Crippen LogP contribution in [0.3, 0.4) is 0 Å². The lowest BCUT2D eigenvalue weighted by molar-refractivity contribution is 0.0908. The van der Waals surface area contributed by atoms with Crippen molar-refractivity contribution in [3.05, 3.63) is 70.7 Å². The molecule has 34 heavy (non-hydrogen) atoms. The molecule has 1 amide bonds. The van der Waals surface area contributed by atoms with Crippen LogP contribution in [-0.2, 0) is 19.4 Å². The minimum atomic E-state index is -0.200. The van der Waals surface area contributed by atoms with Crippen molar-refractivity contribution in [1.82, 2.24) is 20.1 Å². The summed E-state index contributed by atoms with van der Waals surface area (Å²) in [5, 5.41) is 7.72. The highest BCUT2D eigenvalue weighted by molar-refractivity contribution is 6.00. The summed E-state index contributed by atoms with van der Waals surface area (Å²) in [6, 6.07) is 11.1. The van der Waals surface area contributed by atoms with Crippen LogP contribution in [0.4, 0.5) is 0 Å². The van der Waals surface area contributed by atoms with Crippen LogP contribution in [0.5, 0.6) is 5.75 Å². The number of amides is 1. The molecule has 0 spiro atoms. The number of nitrogens with one attached hydrogen (secondary N) is 1. The van der Waals surface area contributed by atoms with E-state index in [9.17, 15) is 9.59 Å². The molecule has 1 aliphatic carbocycles. The van der Waals surface area contributed by atoms with Gasteiger partial charge in [-0.05, 0) is 54.0 Å². The number of carbonyl (C=O) groups excluding carboxylic acids is 2. The normalized spacial score (nSPS) is 14.7. The van der Waals surface area contributed by atoms with Gasteiger partial charge in [-0.15, -0.1) is 0 Å². The first-order valence-electron chi connectivity index (χ1n) is 11.7. The number of ketones is 1. The standard InChI is InChI=1S/C27H32N4O3/c1-17(2)12-21-25-22(13-27(3,4)14-23(25)32)31(30-21)24-11-8-19(16-28-24)26(33)29-15-18-6-9-20(34-5)10-7-18/h6-11,16-17H,12-15H2,1-5H3,(H,29,33). The van der Waals surface area contributed by atoms with Crippen molar-refractivity contribution in [1.29, 1.82) is 0 Å². The van der Waals surface area contributed by atoms with Gasteiger partial charge in [-0.1, -0.05) is 39.8 Å². The van der Waals surface area contributed by atoms with E-state index < -0.39 is 0 Å². The third-order valence-electron chi connectivity index (χ3n) is 6.06. The number of rotatable bonds is 7. The molecular formula is C27H32N4O3. The van der Waals surface area contributed by atoms with Gasteiger partial charge in [0.25, 0.3) is 5.91 Å². The van der Waals surface area contributed by atoms with E-state index in [1.807, 2.05) is 24.3 Å². The van der Waals surface area contributed by atoms with Gasteiger partial charge in [-0.2, -0.15) is 5.10 Å². The van der Waals surface area contributed by atoms with Crippen LogP contribution in [0, 0.1) is 11.3 Å². The highest BCUT2D eigenvalue weighted by Gasteiger charge is 2.36. The third-order valence-corrected chi connectivity index (χ3v) is 6.06. The molecule has 178 valence electrons. The molecule has 0 saturated carbocycles. The lowest BCUT2D eigenvalue weighted by Gasteiger charge is -2.29. The molecule has 4 rings (SSSR count). The quantitative estimate of drug-likeness (QED) is 0.559. The Bertz CT molecular complexity index is 1190. The average Bonchev–Trinajstić information content (AvgIpc) is 3.14. The van der Waals surface area contributed by atoms with Crippen molar-refractivity contribution in [2.45, 2.75) is 53.5 Å². The fourth-order valence-corrected chi connectivity index (χ4v) is 4.42. The van der Waals surface area contributed by atoms with Crippen LogP contribution in [0.25, 0.3) is 5.82 Å². The van der Waals surface area contributed by atoms with Crippen LogP contribution in [0.2, 0.25) is 0 Å². The van der Waals surface area contributed by atoms with Crippen molar-refractivity contribution >= 4 is 11.7 Å². The Hall–Kier alpha value is -3.48. The highest BCUT2D eigenvalue weighted by Crippen LogP contribution is 2.37. The fourth-order valence-electron chi connectivity index (χ4n) is 4.42.